The SMILES string of the molecule is CC(C)[C@@H](CNc1ccc(C(F)(F)F)cc1[N+](=O)[O-])N1CCN(C)CC1. The minimum absolute atomic E-state index is 0.114. The highest BCUT2D eigenvalue weighted by Gasteiger charge is 2.33. The molecular weight excluding hydrogens is 349 g/mol. The smallest absolute Gasteiger partial charge is 0.378 e. The molecule has 0 amide bonds. The highest BCUT2D eigenvalue weighted by molar-refractivity contribution is 5.63. The van der Waals surface area contributed by atoms with Crippen LogP contribution in [0.5, 0.6) is 0 Å². The van der Waals surface area contributed by atoms with E-state index in [2.05, 4.69) is 36.0 Å². The maximum absolute atomic E-state index is 12.8. The average molecular weight is 374 g/mol. The Labute approximate surface area is 151 Å². The molecule has 1 aromatic rings. The third-order valence-electron chi connectivity index (χ3n) is 4.80. The van der Waals surface area contributed by atoms with Gasteiger partial charge in [0.05, 0.1) is 10.5 Å². The number of piperazine rings is 1. The van der Waals surface area contributed by atoms with E-state index in [4.69, 9.17) is 0 Å². The lowest BCUT2D eigenvalue weighted by atomic mass is 10.0. The lowest BCUT2D eigenvalue weighted by molar-refractivity contribution is -0.384. The molecule has 0 aliphatic carbocycles. The van der Waals surface area contributed by atoms with Crippen LogP contribution in [0.15, 0.2) is 18.2 Å². The van der Waals surface area contributed by atoms with E-state index in [1.165, 1.54) is 0 Å². The molecule has 1 aromatic carbocycles. The number of rotatable bonds is 6. The van der Waals surface area contributed by atoms with E-state index in [-0.39, 0.29) is 11.7 Å². The molecular formula is C17H25F3N4O2. The molecule has 0 bridgehead atoms. The second-order valence-electron chi connectivity index (χ2n) is 7.02. The predicted octanol–water partition coefficient (Wildman–Crippen LogP) is 3.30. The minimum atomic E-state index is -4.61. The largest absolute Gasteiger partial charge is 0.416 e. The van der Waals surface area contributed by atoms with Gasteiger partial charge in [-0.1, -0.05) is 13.8 Å². The zero-order chi connectivity index (χ0) is 19.5. The van der Waals surface area contributed by atoms with Gasteiger partial charge in [-0.15, -0.1) is 0 Å². The first-order chi connectivity index (χ1) is 12.1. The van der Waals surface area contributed by atoms with Crippen LogP contribution in [0.25, 0.3) is 0 Å². The number of nitrogens with zero attached hydrogens (tertiary/aromatic N) is 3. The van der Waals surface area contributed by atoms with Crippen molar-refractivity contribution in [2.75, 3.05) is 45.1 Å². The summed E-state index contributed by atoms with van der Waals surface area (Å²) < 4.78 is 38.4. The fraction of sp³-hybridized carbons (Fsp3) is 0.647. The number of alkyl halides is 3. The lowest BCUT2D eigenvalue weighted by Crippen LogP contribution is -2.52. The molecule has 1 aliphatic heterocycles. The summed E-state index contributed by atoms with van der Waals surface area (Å²) in [6.45, 7) is 8.28. The summed E-state index contributed by atoms with van der Waals surface area (Å²) in [5.41, 5.74) is -1.46. The van der Waals surface area contributed by atoms with Crippen LogP contribution in [0.1, 0.15) is 19.4 Å². The summed E-state index contributed by atoms with van der Waals surface area (Å²) in [6, 6.07) is 2.74. The summed E-state index contributed by atoms with van der Waals surface area (Å²) in [6.07, 6.45) is -4.61. The van der Waals surface area contributed by atoms with E-state index in [0.717, 1.165) is 38.3 Å². The van der Waals surface area contributed by atoms with Crippen LogP contribution >= 0.6 is 0 Å². The standard InChI is InChI=1S/C17H25F3N4O2/c1-12(2)16(23-8-6-22(3)7-9-23)11-21-14-5-4-13(17(18,19)20)10-15(14)24(25)26/h4-5,10,12,16,21H,6-9,11H2,1-3H3/t16-/m1/s1. The van der Waals surface area contributed by atoms with Gasteiger partial charge in [-0.05, 0) is 25.1 Å². The van der Waals surface area contributed by atoms with Crippen molar-refractivity contribution in [3.05, 3.63) is 33.9 Å². The molecule has 6 nitrogen and oxygen atoms in total. The maximum Gasteiger partial charge on any atom is 0.416 e. The molecule has 0 unspecified atom stereocenters. The maximum atomic E-state index is 12.8. The molecule has 0 aromatic heterocycles. The van der Waals surface area contributed by atoms with E-state index >= 15 is 0 Å². The Balaban J connectivity index is 2.14. The molecule has 2 rings (SSSR count). The highest BCUT2D eigenvalue weighted by atomic mass is 19.4. The molecule has 1 N–H and O–H groups in total. The Morgan fingerprint density at radius 2 is 1.85 bits per heavy atom. The number of nitro benzene ring substituents is 1. The van der Waals surface area contributed by atoms with Gasteiger partial charge < -0.3 is 10.2 Å². The van der Waals surface area contributed by atoms with Crippen molar-refractivity contribution in [1.82, 2.24) is 9.80 Å². The van der Waals surface area contributed by atoms with Gasteiger partial charge in [-0.25, -0.2) is 0 Å². The van der Waals surface area contributed by atoms with Crippen LogP contribution in [0.3, 0.4) is 0 Å². The van der Waals surface area contributed by atoms with Crippen molar-refractivity contribution in [1.29, 1.82) is 0 Å². The van der Waals surface area contributed by atoms with Gasteiger partial charge in [0.25, 0.3) is 5.69 Å². The van der Waals surface area contributed by atoms with E-state index in [0.29, 0.717) is 18.5 Å². The quantitative estimate of drug-likeness (QED) is 0.612. The third-order valence-corrected chi connectivity index (χ3v) is 4.80. The molecule has 0 spiro atoms. The highest BCUT2D eigenvalue weighted by Crippen LogP contribution is 2.35. The number of nitro groups is 1. The summed E-state index contributed by atoms with van der Waals surface area (Å²) in [7, 11) is 2.06. The first-order valence-corrected chi connectivity index (χ1v) is 8.61. The zero-order valence-corrected chi connectivity index (χ0v) is 15.2. The Morgan fingerprint density at radius 1 is 1.23 bits per heavy atom. The van der Waals surface area contributed by atoms with Crippen molar-refractivity contribution < 1.29 is 18.1 Å². The number of likely N-dealkylation sites (N-methyl/N-ethyl adjacent to an activating group) is 1. The first-order valence-electron chi connectivity index (χ1n) is 8.61. The van der Waals surface area contributed by atoms with Crippen LogP contribution in [-0.4, -0.2) is 60.5 Å². The van der Waals surface area contributed by atoms with E-state index in [1.807, 2.05) is 0 Å². The van der Waals surface area contributed by atoms with Crippen LogP contribution in [0, 0.1) is 16.0 Å². The summed E-state index contributed by atoms with van der Waals surface area (Å²) in [5, 5.41) is 14.2. The summed E-state index contributed by atoms with van der Waals surface area (Å²) >= 11 is 0. The average Bonchev–Trinajstić information content (AvgIpc) is 2.55. The fourth-order valence-corrected chi connectivity index (χ4v) is 3.16. The number of halogens is 3. The van der Waals surface area contributed by atoms with Crippen molar-refractivity contribution in [3.8, 4) is 0 Å². The summed E-state index contributed by atoms with van der Waals surface area (Å²) in [4.78, 5) is 15.0. The number of nitrogens with one attached hydrogen (secondary N) is 1. The number of anilines is 1. The monoisotopic (exact) mass is 374 g/mol. The van der Waals surface area contributed by atoms with E-state index < -0.39 is 22.4 Å². The predicted molar refractivity (Wildman–Crippen MR) is 94.3 cm³/mol. The minimum Gasteiger partial charge on any atom is -0.378 e. The van der Waals surface area contributed by atoms with Gasteiger partial charge in [0.15, 0.2) is 0 Å². The first kappa shape index (κ1) is 20.4. The Bertz CT molecular complexity index is 629. The Kier molecular flexibility index (Phi) is 6.46. The van der Waals surface area contributed by atoms with Crippen LogP contribution in [-0.2, 0) is 6.18 Å². The third kappa shape index (κ3) is 5.07. The molecule has 1 heterocycles. The normalized spacial score (nSPS) is 18.1. The number of hydrogen-bond donors (Lipinski definition) is 1. The lowest BCUT2D eigenvalue weighted by Gasteiger charge is -2.40. The Hall–Kier alpha value is -1.87. The molecule has 1 atom stereocenters. The zero-order valence-electron chi connectivity index (χ0n) is 15.2. The van der Waals surface area contributed by atoms with Crippen LogP contribution < -0.4 is 5.32 Å². The van der Waals surface area contributed by atoms with Crippen molar-refractivity contribution in [2.45, 2.75) is 26.1 Å². The van der Waals surface area contributed by atoms with Gasteiger partial charge in [0, 0.05) is 44.8 Å². The van der Waals surface area contributed by atoms with Gasteiger partial charge in [0.1, 0.15) is 5.69 Å². The summed E-state index contributed by atoms with van der Waals surface area (Å²) in [5.74, 6) is 0.305. The molecule has 1 saturated heterocycles. The van der Waals surface area contributed by atoms with Crippen molar-refractivity contribution in [3.63, 3.8) is 0 Å². The van der Waals surface area contributed by atoms with Gasteiger partial charge in [-0.2, -0.15) is 13.2 Å². The number of benzene rings is 1. The van der Waals surface area contributed by atoms with E-state index in [1.54, 1.807) is 0 Å². The molecule has 9 heteroatoms. The van der Waals surface area contributed by atoms with Gasteiger partial charge in [-0.3, -0.25) is 15.0 Å². The Morgan fingerprint density at radius 3 is 2.35 bits per heavy atom. The topological polar surface area (TPSA) is 61.7 Å². The van der Waals surface area contributed by atoms with Crippen LogP contribution in [0.4, 0.5) is 24.5 Å². The second kappa shape index (κ2) is 8.22. The fourth-order valence-electron chi connectivity index (χ4n) is 3.16. The van der Waals surface area contributed by atoms with Crippen molar-refractivity contribution >= 4 is 11.4 Å². The second-order valence-corrected chi connectivity index (χ2v) is 7.02. The van der Waals surface area contributed by atoms with Gasteiger partial charge in [0.2, 0.25) is 0 Å². The molecule has 26 heavy (non-hydrogen) atoms. The molecule has 1 aliphatic rings. The van der Waals surface area contributed by atoms with Gasteiger partial charge >= 0.3 is 6.18 Å². The van der Waals surface area contributed by atoms with Crippen molar-refractivity contribution in [2.24, 2.45) is 5.92 Å². The molecule has 1 fully saturated rings. The van der Waals surface area contributed by atoms with E-state index in [9.17, 15) is 23.3 Å². The van der Waals surface area contributed by atoms with Crippen LogP contribution in [0.2, 0.25) is 0 Å². The molecule has 146 valence electrons. The molecule has 0 saturated carbocycles. The number of hydrogen-bond acceptors (Lipinski definition) is 5. The molecule has 0 radical (unpaired) electrons.